The molecule has 0 saturated carbocycles. The fraction of sp³-hybridized carbons (Fsp3) is 0.714. The Kier molecular flexibility index (Phi) is 4.01. The highest BCUT2D eigenvalue weighted by Crippen LogP contribution is 2.43. The lowest BCUT2D eigenvalue weighted by atomic mass is 9.98. The first kappa shape index (κ1) is 12.0. The summed E-state index contributed by atoms with van der Waals surface area (Å²) in [4.78, 5) is 9.40. The van der Waals surface area contributed by atoms with Crippen LogP contribution in [0.3, 0.4) is 0 Å². The molecule has 1 rings (SSSR count). The minimum Gasteiger partial charge on any atom is -0.499 e. The van der Waals surface area contributed by atoms with Crippen LogP contribution in [0.15, 0.2) is 11.5 Å². The van der Waals surface area contributed by atoms with Gasteiger partial charge in [-0.25, -0.2) is 0 Å². The summed E-state index contributed by atoms with van der Waals surface area (Å²) in [5.74, 6) is 1.20. The molecule has 0 amide bonds. The third-order valence-electron chi connectivity index (χ3n) is 1.61. The Hall–Kier alpha value is -0.0251. The summed E-state index contributed by atoms with van der Waals surface area (Å²) in [6.45, 7) is -0.668. The Labute approximate surface area is 90.2 Å². The molecular weight excluding hydrogens is 220 g/mol. The van der Waals surface area contributed by atoms with E-state index in [0.717, 1.165) is 0 Å². The molecule has 0 aromatic rings. The summed E-state index contributed by atoms with van der Waals surface area (Å²) in [6, 6.07) is -0.394. The van der Waals surface area contributed by atoms with Crippen molar-refractivity contribution in [3.05, 3.63) is 11.5 Å². The molecule has 2 N–H and O–H groups in total. The lowest BCUT2D eigenvalue weighted by Gasteiger charge is -2.13. The van der Waals surface area contributed by atoms with Crippen molar-refractivity contribution >= 4 is 26.1 Å². The van der Waals surface area contributed by atoms with Crippen molar-refractivity contribution in [1.82, 2.24) is 5.32 Å². The molecule has 0 fully saturated rings. The smallest absolute Gasteiger partial charge is 0.232 e. The molecule has 14 heavy (non-hydrogen) atoms. The Balaban J connectivity index is 2.71. The molecule has 2 atom stereocenters. The van der Waals surface area contributed by atoms with Crippen molar-refractivity contribution in [3.8, 4) is 0 Å². The molecule has 1 aliphatic rings. The molecule has 0 saturated heterocycles. The van der Waals surface area contributed by atoms with Crippen molar-refractivity contribution < 1.29 is 14.2 Å². The van der Waals surface area contributed by atoms with Gasteiger partial charge in [0.1, 0.15) is 19.4 Å². The third-order valence-corrected chi connectivity index (χ3v) is 2.39. The average molecular weight is 233 g/mol. The van der Waals surface area contributed by atoms with Gasteiger partial charge in [0.15, 0.2) is 0 Å². The average Bonchev–Trinajstić information content (AvgIpc) is 2.28. The van der Waals surface area contributed by atoms with Crippen molar-refractivity contribution in [2.75, 3.05) is 20.3 Å². The lowest BCUT2D eigenvalue weighted by Crippen LogP contribution is -2.13. The highest BCUT2D eigenvalue weighted by Gasteiger charge is 2.25. The van der Waals surface area contributed by atoms with Crippen molar-refractivity contribution in [1.29, 1.82) is 0 Å². The number of hydrogen-bond acceptors (Lipinski definition) is 4. The molecular formula is C7H13BNO3PS. The summed E-state index contributed by atoms with van der Waals surface area (Å²) >= 11 is 4.79. The molecule has 0 aromatic heterocycles. The molecule has 1 aliphatic heterocycles. The summed E-state index contributed by atoms with van der Waals surface area (Å²) in [5, 5.41) is 2.92. The Morgan fingerprint density at radius 3 is 3.00 bits per heavy atom. The fourth-order valence-electron chi connectivity index (χ4n) is 1.18. The van der Waals surface area contributed by atoms with Gasteiger partial charge in [-0.15, -0.1) is 0 Å². The number of likely N-dealkylation sites (N-methyl/N-ethyl adjacent to an activating group) is 1. The first-order valence-corrected chi connectivity index (χ1v) is 7.33. The van der Waals surface area contributed by atoms with E-state index in [9.17, 15) is 4.89 Å². The summed E-state index contributed by atoms with van der Waals surface area (Å²) < 4.78 is 10.5. The van der Waals surface area contributed by atoms with Crippen LogP contribution in [0.25, 0.3) is 0 Å². The second-order valence-electron chi connectivity index (χ2n) is 3.13. The van der Waals surface area contributed by atoms with E-state index in [1.54, 1.807) is 7.05 Å². The second kappa shape index (κ2) is 4.66. The van der Waals surface area contributed by atoms with Gasteiger partial charge in [-0.3, -0.25) is 0 Å². The predicted molar refractivity (Wildman–Crippen MR) is 59.7 cm³/mol. The SMILES string of the molecule is [B][C@H]1CC(OP(C)(O)=S)=C(CNC)O1. The zero-order valence-electron chi connectivity index (χ0n) is 8.19. The van der Waals surface area contributed by atoms with E-state index in [2.05, 4.69) is 5.32 Å². The number of hydrogen-bond donors (Lipinski definition) is 2. The molecule has 0 aromatic carbocycles. The minimum absolute atomic E-state index is 0.394. The van der Waals surface area contributed by atoms with Gasteiger partial charge in [0.2, 0.25) is 6.49 Å². The van der Waals surface area contributed by atoms with E-state index in [1.807, 2.05) is 0 Å². The minimum atomic E-state index is -2.69. The van der Waals surface area contributed by atoms with E-state index in [0.29, 0.717) is 24.5 Å². The van der Waals surface area contributed by atoms with Crippen molar-refractivity contribution in [3.63, 3.8) is 0 Å². The van der Waals surface area contributed by atoms with Crippen LogP contribution < -0.4 is 5.32 Å². The molecule has 7 heteroatoms. The zero-order chi connectivity index (χ0) is 10.8. The molecule has 0 aliphatic carbocycles. The standard InChI is InChI=1S/C7H13BNO3PS/c1-9-4-6-5(3-7(8)11-6)12-13(2,10)14/h7,9H,3-4H2,1-2H3,(H,10,14)/t7-,13?/m1/s1. The largest absolute Gasteiger partial charge is 0.499 e. The van der Waals surface area contributed by atoms with Crippen LogP contribution >= 0.6 is 6.49 Å². The molecule has 1 heterocycles. The van der Waals surface area contributed by atoms with Crippen molar-refractivity contribution in [2.45, 2.75) is 12.4 Å². The quantitative estimate of drug-likeness (QED) is 0.539. The van der Waals surface area contributed by atoms with E-state index in [4.69, 9.17) is 28.9 Å². The summed E-state index contributed by atoms with van der Waals surface area (Å²) in [5.41, 5.74) is 0. The van der Waals surface area contributed by atoms with Crippen LogP contribution in [0, 0.1) is 0 Å². The summed E-state index contributed by atoms with van der Waals surface area (Å²) in [7, 11) is 7.38. The van der Waals surface area contributed by atoms with Gasteiger partial charge in [-0.2, -0.15) is 0 Å². The maximum Gasteiger partial charge on any atom is 0.232 e. The molecule has 0 spiro atoms. The Morgan fingerprint density at radius 2 is 2.50 bits per heavy atom. The van der Waals surface area contributed by atoms with Crippen LogP contribution in [0.2, 0.25) is 0 Å². The highest BCUT2D eigenvalue weighted by atomic mass is 32.5. The van der Waals surface area contributed by atoms with Gasteiger partial charge in [0.05, 0.1) is 12.5 Å². The maximum atomic E-state index is 9.40. The van der Waals surface area contributed by atoms with Crippen LogP contribution in [-0.2, 0) is 21.1 Å². The number of rotatable bonds is 4. The van der Waals surface area contributed by atoms with Gasteiger partial charge < -0.3 is 19.5 Å². The van der Waals surface area contributed by atoms with Crippen LogP contribution in [-0.4, -0.2) is 39.0 Å². The van der Waals surface area contributed by atoms with Gasteiger partial charge in [-0.1, -0.05) is 0 Å². The first-order valence-electron chi connectivity index (χ1n) is 4.21. The number of ether oxygens (including phenoxy) is 1. The van der Waals surface area contributed by atoms with Gasteiger partial charge in [-0.05, 0) is 18.9 Å². The van der Waals surface area contributed by atoms with Gasteiger partial charge >= 0.3 is 0 Å². The third kappa shape index (κ3) is 3.61. The molecule has 0 bridgehead atoms. The topological polar surface area (TPSA) is 50.7 Å². The van der Waals surface area contributed by atoms with Crippen LogP contribution in [0.1, 0.15) is 6.42 Å². The highest BCUT2D eigenvalue weighted by molar-refractivity contribution is 8.09. The van der Waals surface area contributed by atoms with Crippen molar-refractivity contribution in [2.24, 2.45) is 0 Å². The van der Waals surface area contributed by atoms with E-state index < -0.39 is 12.5 Å². The van der Waals surface area contributed by atoms with Gasteiger partial charge in [0.25, 0.3) is 0 Å². The second-order valence-corrected chi connectivity index (χ2v) is 6.95. The summed E-state index contributed by atoms with van der Waals surface area (Å²) in [6.07, 6.45) is 0.462. The molecule has 1 unspecified atom stereocenters. The normalized spacial score (nSPS) is 25.8. The predicted octanol–water partition coefficient (Wildman–Crippen LogP) is 0.280. The van der Waals surface area contributed by atoms with Crippen LogP contribution in [0.4, 0.5) is 0 Å². The molecule has 2 radical (unpaired) electrons. The molecule has 78 valence electrons. The number of nitrogens with one attached hydrogen (secondary N) is 1. The molecule has 4 nitrogen and oxygen atoms in total. The van der Waals surface area contributed by atoms with E-state index in [1.165, 1.54) is 6.66 Å². The first-order chi connectivity index (χ1) is 6.42. The maximum absolute atomic E-state index is 9.40. The van der Waals surface area contributed by atoms with Crippen LogP contribution in [0.5, 0.6) is 0 Å². The zero-order valence-corrected chi connectivity index (χ0v) is 9.90. The fourth-order valence-corrected chi connectivity index (χ4v) is 2.04. The Bertz CT molecular complexity index is 291. The monoisotopic (exact) mass is 233 g/mol. The lowest BCUT2D eigenvalue weighted by molar-refractivity contribution is 0.204. The Morgan fingerprint density at radius 1 is 1.86 bits per heavy atom. The van der Waals surface area contributed by atoms with E-state index >= 15 is 0 Å². The van der Waals surface area contributed by atoms with Gasteiger partial charge in [0, 0.05) is 13.1 Å². The van der Waals surface area contributed by atoms with E-state index in [-0.39, 0.29) is 0 Å².